The molecule has 3 rings (SSSR count). The summed E-state index contributed by atoms with van der Waals surface area (Å²) in [6.07, 6.45) is 7.57. The first-order valence-electron chi connectivity index (χ1n) is 7.20. The van der Waals surface area contributed by atoms with Crippen molar-refractivity contribution in [2.24, 2.45) is 0 Å². The molecule has 1 aliphatic heterocycles. The van der Waals surface area contributed by atoms with E-state index in [1.165, 1.54) is 24.1 Å². The number of aromatic nitrogens is 2. The first kappa shape index (κ1) is 12.4. The molecule has 1 unspecified atom stereocenters. The van der Waals surface area contributed by atoms with E-state index in [1.54, 1.807) is 0 Å². The maximum absolute atomic E-state index is 4.38. The standard InChI is InChI=1S/C16H21N3/c1-2-15(13-7-4-3-5-8-13)19-12-17-11-16(19)14-9-6-10-18-14/h3-5,7-8,11-12,14-15,18H,2,6,9-10H2,1H3/t14-,15?/m0/s1. The minimum absolute atomic E-state index is 0.390. The number of benzene rings is 1. The number of rotatable bonds is 4. The van der Waals surface area contributed by atoms with Crippen molar-refractivity contribution in [3.05, 3.63) is 54.1 Å². The Morgan fingerprint density at radius 1 is 1.37 bits per heavy atom. The van der Waals surface area contributed by atoms with Gasteiger partial charge in [0, 0.05) is 12.2 Å². The highest BCUT2D eigenvalue weighted by Crippen LogP contribution is 2.29. The van der Waals surface area contributed by atoms with Crippen LogP contribution < -0.4 is 5.32 Å². The summed E-state index contributed by atoms with van der Waals surface area (Å²) in [6, 6.07) is 11.6. The van der Waals surface area contributed by atoms with Crippen molar-refractivity contribution in [1.29, 1.82) is 0 Å². The Bertz CT molecular complexity index is 512. The van der Waals surface area contributed by atoms with Crippen LogP contribution >= 0.6 is 0 Å². The van der Waals surface area contributed by atoms with Crippen LogP contribution in [-0.2, 0) is 0 Å². The Morgan fingerprint density at radius 3 is 2.89 bits per heavy atom. The van der Waals surface area contributed by atoms with Crippen LogP contribution in [0.2, 0.25) is 0 Å². The summed E-state index contributed by atoms with van der Waals surface area (Å²) in [4.78, 5) is 4.38. The van der Waals surface area contributed by atoms with Gasteiger partial charge in [0.1, 0.15) is 0 Å². The summed E-state index contributed by atoms with van der Waals surface area (Å²) in [5, 5.41) is 3.57. The Balaban J connectivity index is 1.94. The Kier molecular flexibility index (Phi) is 3.65. The molecule has 0 saturated carbocycles. The van der Waals surface area contributed by atoms with Gasteiger partial charge in [0.2, 0.25) is 0 Å². The highest BCUT2D eigenvalue weighted by atomic mass is 15.1. The van der Waals surface area contributed by atoms with Crippen LogP contribution in [0.25, 0.3) is 0 Å². The number of hydrogen-bond acceptors (Lipinski definition) is 2. The Labute approximate surface area is 114 Å². The normalized spacial score (nSPS) is 20.6. The van der Waals surface area contributed by atoms with E-state index in [1.807, 2.05) is 12.5 Å². The molecule has 100 valence electrons. The van der Waals surface area contributed by atoms with E-state index in [9.17, 15) is 0 Å². The molecule has 2 heterocycles. The van der Waals surface area contributed by atoms with E-state index in [4.69, 9.17) is 0 Å². The minimum atomic E-state index is 0.390. The van der Waals surface area contributed by atoms with E-state index in [0.29, 0.717) is 12.1 Å². The number of imidazole rings is 1. The maximum Gasteiger partial charge on any atom is 0.0954 e. The summed E-state index contributed by atoms with van der Waals surface area (Å²) < 4.78 is 2.35. The topological polar surface area (TPSA) is 29.9 Å². The van der Waals surface area contributed by atoms with Crippen molar-refractivity contribution in [2.45, 2.75) is 38.3 Å². The van der Waals surface area contributed by atoms with Crippen molar-refractivity contribution in [2.75, 3.05) is 6.54 Å². The van der Waals surface area contributed by atoms with Crippen LogP contribution in [0.1, 0.15) is 49.5 Å². The zero-order valence-electron chi connectivity index (χ0n) is 11.4. The van der Waals surface area contributed by atoms with Gasteiger partial charge >= 0.3 is 0 Å². The van der Waals surface area contributed by atoms with Gasteiger partial charge in [-0.1, -0.05) is 37.3 Å². The largest absolute Gasteiger partial charge is 0.326 e. The quantitative estimate of drug-likeness (QED) is 0.908. The van der Waals surface area contributed by atoms with Crippen molar-refractivity contribution < 1.29 is 0 Å². The van der Waals surface area contributed by atoms with Gasteiger partial charge in [-0.25, -0.2) is 4.98 Å². The molecule has 0 bridgehead atoms. The second kappa shape index (κ2) is 5.57. The monoisotopic (exact) mass is 255 g/mol. The molecule has 1 aromatic carbocycles. The van der Waals surface area contributed by atoms with Gasteiger partial charge in [0.25, 0.3) is 0 Å². The predicted molar refractivity (Wildman–Crippen MR) is 77.1 cm³/mol. The second-order valence-electron chi connectivity index (χ2n) is 5.21. The average Bonchev–Trinajstić information content (AvgIpc) is 3.11. The van der Waals surface area contributed by atoms with E-state index < -0.39 is 0 Å². The third-order valence-corrected chi connectivity index (χ3v) is 4.02. The predicted octanol–water partition coefficient (Wildman–Crippen LogP) is 3.31. The van der Waals surface area contributed by atoms with E-state index in [-0.39, 0.29) is 0 Å². The molecule has 1 N–H and O–H groups in total. The van der Waals surface area contributed by atoms with Crippen molar-refractivity contribution >= 4 is 0 Å². The molecular formula is C16H21N3. The number of hydrogen-bond donors (Lipinski definition) is 1. The summed E-state index contributed by atoms with van der Waals surface area (Å²) in [5.74, 6) is 0. The van der Waals surface area contributed by atoms with Crippen molar-refractivity contribution in [3.63, 3.8) is 0 Å². The average molecular weight is 255 g/mol. The molecule has 2 aromatic rings. The van der Waals surface area contributed by atoms with Crippen LogP contribution in [0, 0.1) is 0 Å². The van der Waals surface area contributed by atoms with E-state index >= 15 is 0 Å². The molecular weight excluding hydrogens is 234 g/mol. The lowest BCUT2D eigenvalue weighted by Gasteiger charge is -2.22. The molecule has 1 saturated heterocycles. The van der Waals surface area contributed by atoms with Crippen molar-refractivity contribution in [3.8, 4) is 0 Å². The zero-order chi connectivity index (χ0) is 13.1. The summed E-state index contributed by atoms with van der Waals surface area (Å²) in [7, 11) is 0. The second-order valence-corrected chi connectivity index (χ2v) is 5.21. The first-order valence-corrected chi connectivity index (χ1v) is 7.20. The Morgan fingerprint density at radius 2 is 2.21 bits per heavy atom. The van der Waals surface area contributed by atoms with Gasteiger partial charge in [-0.2, -0.15) is 0 Å². The SMILES string of the molecule is CCC(c1ccccc1)n1cncc1[C@@H]1CCCN1. The zero-order valence-corrected chi connectivity index (χ0v) is 11.4. The highest BCUT2D eigenvalue weighted by molar-refractivity contribution is 5.22. The van der Waals surface area contributed by atoms with Crippen LogP contribution in [0.5, 0.6) is 0 Å². The lowest BCUT2D eigenvalue weighted by molar-refractivity contribution is 0.504. The van der Waals surface area contributed by atoms with Gasteiger partial charge < -0.3 is 9.88 Å². The highest BCUT2D eigenvalue weighted by Gasteiger charge is 2.23. The molecule has 2 atom stereocenters. The Hall–Kier alpha value is -1.61. The van der Waals surface area contributed by atoms with Crippen LogP contribution in [0.15, 0.2) is 42.9 Å². The van der Waals surface area contributed by atoms with Crippen molar-refractivity contribution in [1.82, 2.24) is 14.9 Å². The molecule has 0 radical (unpaired) electrons. The first-order chi connectivity index (χ1) is 9.40. The molecule has 1 aliphatic rings. The maximum atomic E-state index is 4.38. The fraction of sp³-hybridized carbons (Fsp3) is 0.438. The summed E-state index contributed by atoms with van der Waals surface area (Å²) in [6.45, 7) is 3.36. The fourth-order valence-electron chi connectivity index (χ4n) is 3.05. The number of nitrogens with zero attached hydrogens (tertiary/aromatic N) is 2. The smallest absolute Gasteiger partial charge is 0.0954 e. The minimum Gasteiger partial charge on any atom is -0.326 e. The van der Waals surface area contributed by atoms with E-state index in [2.05, 4.69) is 52.1 Å². The van der Waals surface area contributed by atoms with Crippen LogP contribution in [0.4, 0.5) is 0 Å². The molecule has 3 nitrogen and oxygen atoms in total. The van der Waals surface area contributed by atoms with Gasteiger partial charge in [0.15, 0.2) is 0 Å². The molecule has 1 fully saturated rings. The lowest BCUT2D eigenvalue weighted by Crippen LogP contribution is -2.19. The summed E-state index contributed by atoms with van der Waals surface area (Å²) >= 11 is 0. The van der Waals surface area contributed by atoms with Gasteiger partial charge in [-0.05, 0) is 31.4 Å². The van der Waals surface area contributed by atoms with Crippen LogP contribution in [-0.4, -0.2) is 16.1 Å². The number of nitrogens with one attached hydrogen (secondary N) is 1. The van der Waals surface area contributed by atoms with Gasteiger partial charge in [-0.15, -0.1) is 0 Å². The molecule has 0 amide bonds. The van der Waals surface area contributed by atoms with E-state index in [0.717, 1.165) is 13.0 Å². The fourth-order valence-corrected chi connectivity index (χ4v) is 3.05. The lowest BCUT2D eigenvalue weighted by atomic mass is 10.0. The summed E-state index contributed by atoms with van der Waals surface area (Å²) in [5.41, 5.74) is 2.69. The molecule has 1 aromatic heterocycles. The van der Waals surface area contributed by atoms with Crippen LogP contribution in [0.3, 0.4) is 0 Å². The molecule has 0 aliphatic carbocycles. The molecule has 0 spiro atoms. The third kappa shape index (κ3) is 2.43. The molecule has 3 heteroatoms. The van der Waals surface area contributed by atoms with Gasteiger partial charge in [0.05, 0.1) is 18.1 Å². The van der Waals surface area contributed by atoms with Gasteiger partial charge in [-0.3, -0.25) is 0 Å². The third-order valence-electron chi connectivity index (χ3n) is 4.02. The molecule has 19 heavy (non-hydrogen) atoms.